The number of urea groups is 1. The van der Waals surface area contributed by atoms with Crippen molar-refractivity contribution in [2.24, 2.45) is 0 Å². The third kappa shape index (κ3) is 4.93. The van der Waals surface area contributed by atoms with E-state index in [1.807, 2.05) is 41.8 Å². The van der Waals surface area contributed by atoms with Crippen LogP contribution in [0.1, 0.15) is 18.4 Å². The van der Waals surface area contributed by atoms with Gasteiger partial charge in [0.25, 0.3) is 0 Å². The molecule has 0 aliphatic carbocycles. The van der Waals surface area contributed by atoms with E-state index in [1.54, 1.807) is 34.6 Å². The molecule has 2 heterocycles. The van der Waals surface area contributed by atoms with Gasteiger partial charge in [-0.25, -0.2) is 9.78 Å². The lowest BCUT2D eigenvalue weighted by Gasteiger charge is -2.26. The van der Waals surface area contributed by atoms with Crippen molar-refractivity contribution in [1.29, 1.82) is 0 Å². The molecule has 29 heavy (non-hydrogen) atoms. The van der Waals surface area contributed by atoms with Crippen LogP contribution >= 0.6 is 11.3 Å². The van der Waals surface area contributed by atoms with Crippen molar-refractivity contribution >= 4 is 23.1 Å². The van der Waals surface area contributed by atoms with Crippen LogP contribution in [0.5, 0.6) is 5.75 Å². The van der Waals surface area contributed by atoms with Crippen molar-refractivity contribution in [1.82, 2.24) is 9.88 Å². The number of para-hydroxylation sites is 1. The zero-order chi connectivity index (χ0) is 20.1. The summed E-state index contributed by atoms with van der Waals surface area (Å²) in [6.45, 7) is 1.53. The summed E-state index contributed by atoms with van der Waals surface area (Å²) in [5.41, 5.74) is 2.44. The maximum atomic E-state index is 13.0. The number of benzene rings is 2. The number of carbonyl (C=O) groups is 1. The first kappa shape index (κ1) is 19.4. The number of nitrogens with zero attached hydrogens (tertiary/aromatic N) is 2. The van der Waals surface area contributed by atoms with Gasteiger partial charge in [0.05, 0.1) is 12.6 Å². The highest BCUT2D eigenvalue weighted by atomic mass is 32.1. The molecule has 2 aromatic carbocycles. The molecule has 1 fully saturated rings. The van der Waals surface area contributed by atoms with E-state index in [0.29, 0.717) is 24.3 Å². The van der Waals surface area contributed by atoms with Gasteiger partial charge in [0, 0.05) is 41.5 Å². The number of phenolic OH excluding ortho intramolecular Hbond substituents is 1. The Morgan fingerprint density at radius 2 is 2.07 bits per heavy atom. The Morgan fingerprint density at radius 3 is 2.76 bits per heavy atom. The van der Waals surface area contributed by atoms with E-state index in [9.17, 15) is 9.90 Å². The number of rotatable bonds is 6. The van der Waals surface area contributed by atoms with Gasteiger partial charge in [0.15, 0.2) is 0 Å². The molecule has 3 aromatic rings. The summed E-state index contributed by atoms with van der Waals surface area (Å²) in [4.78, 5) is 19.0. The van der Waals surface area contributed by atoms with Crippen LogP contribution < -0.4 is 5.32 Å². The van der Waals surface area contributed by atoms with Crippen LogP contribution in [0.4, 0.5) is 10.5 Å². The zero-order valence-corrected chi connectivity index (χ0v) is 16.8. The number of anilines is 1. The normalized spacial score (nSPS) is 15.9. The molecule has 0 bridgehead atoms. The average molecular weight is 410 g/mol. The lowest BCUT2D eigenvalue weighted by molar-refractivity contribution is 0.0817. The first-order valence-corrected chi connectivity index (χ1v) is 10.5. The second-order valence-electron chi connectivity index (χ2n) is 6.99. The average Bonchev–Trinajstić information content (AvgIpc) is 3.44. The van der Waals surface area contributed by atoms with Crippen LogP contribution in [0.25, 0.3) is 10.6 Å². The number of thiazole rings is 1. The van der Waals surface area contributed by atoms with Gasteiger partial charge in [-0.2, -0.15) is 0 Å². The number of phenols is 1. The molecule has 2 amide bonds. The summed E-state index contributed by atoms with van der Waals surface area (Å²) in [6, 6.07) is 14.5. The van der Waals surface area contributed by atoms with Crippen LogP contribution in [0, 0.1) is 0 Å². The minimum atomic E-state index is -0.217. The fraction of sp³-hybridized carbons (Fsp3) is 0.273. The molecule has 2 N–H and O–H groups in total. The molecular weight excluding hydrogens is 386 g/mol. The fourth-order valence-electron chi connectivity index (χ4n) is 3.37. The summed E-state index contributed by atoms with van der Waals surface area (Å²) in [6.07, 6.45) is 3.75. The van der Waals surface area contributed by atoms with Crippen molar-refractivity contribution in [2.75, 3.05) is 18.5 Å². The molecule has 0 saturated carbocycles. The number of amides is 2. The maximum absolute atomic E-state index is 13.0. The molecular formula is C22H23N3O3S. The Labute approximate surface area is 173 Å². The monoisotopic (exact) mass is 409 g/mol. The van der Waals surface area contributed by atoms with E-state index in [2.05, 4.69) is 10.3 Å². The number of hydrogen-bond acceptors (Lipinski definition) is 5. The van der Waals surface area contributed by atoms with Crippen LogP contribution in [0.15, 0.2) is 60.1 Å². The summed E-state index contributed by atoms with van der Waals surface area (Å²) >= 11 is 1.58. The molecule has 1 unspecified atom stereocenters. The summed E-state index contributed by atoms with van der Waals surface area (Å²) in [5.74, 6) is 0.186. The number of ether oxygens (including phenoxy) is 1. The Morgan fingerprint density at radius 1 is 1.24 bits per heavy atom. The van der Waals surface area contributed by atoms with E-state index in [4.69, 9.17) is 4.74 Å². The van der Waals surface area contributed by atoms with E-state index < -0.39 is 0 Å². The van der Waals surface area contributed by atoms with Crippen molar-refractivity contribution in [3.05, 3.63) is 65.7 Å². The molecule has 1 atom stereocenters. The van der Waals surface area contributed by atoms with Crippen LogP contribution in [0.2, 0.25) is 0 Å². The Hall–Kier alpha value is -2.90. The lowest BCUT2D eigenvalue weighted by Crippen LogP contribution is -2.39. The van der Waals surface area contributed by atoms with Gasteiger partial charge in [0.1, 0.15) is 10.8 Å². The zero-order valence-electron chi connectivity index (χ0n) is 16.0. The second kappa shape index (κ2) is 9.07. The Bertz CT molecular complexity index is 938. The second-order valence-corrected chi connectivity index (χ2v) is 7.88. The van der Waals surface area contributed by atoms with Crippen LogP contribution in [-0.4, -0.2) is 40.3 Å². The molecule has 1 aromatic heterocycles. The van der Waals surface area contributed by atoms with E-state index in [0.717, 1.165) is 30.0 Å². The molecule has 7 heteroatoms. The molecule has 1 aliphatic heterocycles. The number of nitrogens with one attached hydrogen (secondary N) is 1. The van der Waals surface area contributed by atoms with Gasteiger partial charge < -0.3 is 20.1 Å². The highest BCUT2D eigenvalue weighted by Crippen LogP contribution is 2.24. The van der Waals surface area contributed by atoms with Gasteiger partial charge >= 0.3 is 6.03 Å². The maximum Gasteiger partial charge on any atom is 0.322 e. The highest BCUT2D eigenvalue weighted by Gasteiger charge is 2.23. The van der Waals surface area contributed by atoms with Gasteiger partial charge in [-0.1, -0.05) is 18.2 Å². The van der Waals surface area contributed by atoms with Gasteiger partial charge in [-0.15, -0.1) is 11.3 Å². The van der Waals surface area contributed by atoms with Gasteiger partial charge in [-0.3, -0.25) is 0 Å². The largest absolute Gasteiger partial charge is 0.508 e. The van der Waals surface area contributed by atoms with Gasteiger partial charge in [0.2, 0.25) is 0 Å². The van der Waals surface area contributed by atoms with E-state index in [1.165, 1.54) is 0 Å². The quantitative estimate of drug-likeness (QED) is 0.617. The predicted molar refractivity (Wildman–Crippen MR) is 114 cm³/mol. The molecule has 4 rings (SSSR count). The van der Waals surface area contributed by atoms with E-state index >= 15 is 0 Å². The minimum absolute atomic E-state index is 0.0267. The number of carbonyl (C=O) groups excluding carboxylic acids is 1. The topological polar surface area (TPSA) is 74.7 Å². The molecule has 1 aliphatic rings. The number of aromatic nitrogens is 1. The first-order chi connectivity index (χ1) is 14.2. The molecule has 150 valence electrons. The minimum Gasteiger partial charge on any atom is -0.508 e. The molecule has 1 saturated heterocycles. The Balaban J connectivity index is 1.47. The third-order valence-corrected chi connectivity index (χ3v) is 5.73. The molecule has 0 radical (unpaired) electrons. The predicted octanol–water partition coefficient (Wildman–Crippen LogP) is 4.73. The van der Waals surface area contributed by atoms with Crippen molar-refractivity contribution in [3.8, 4) is 16.3 Å². The molecule has 0 spiro atoms. The van der Waals surface area contributed by atoms with Crippen molar-refractivity contribution in [2.45, 2.75) is 25.5 Å². The lowest BCUT2D eigenvalue weighted by atomic mass is 10.1. The van der Waals surface area contributed by atoms with Crippen molar-refractivity contribution in [3.63, 3.8) is 0 Å². The van der Waals surface area contributed by atoms with Crippen molar-refractivity contribution < 1.29 is 14.6 Å². The number of aromatic hydroxyl groups is 1. The van der Waals surface area contributed by atoms with E-state index in [-0.39, 0.29) is 17.9 Å². The smallest absolute Gasteiger partial charge is 0.322 e. The van der Waals surface area contributed by atoms with Crippen LogP contribution in [-0.2, 0) is 11.3 Å². The Kier molecular flexibility index (Phi) is 6.07. The SMILES string of the molecule is O=C(Nc1ccc(-c2nccs2)cc1)N(Cc1ccccc1O)CC1CCCO1. The van der Waals surface area contributed by atoms with Crippen LogP contribution in [0.3, 0.4) is 0 Å². The summed E-state index contributed by atoms with van der Waals surface area (Å²) in [5, 5.41) is 16.0. The summed E-state index contributed by atoms with van der Waals surface area (Å²) < 4.78 is 5.72. The fourth-order valence-corrected chi connectivity index (χ4v) is 4.01. The summed E-state index contributed by atoms with van der Waals surface area (Å²) in [7, 11) is 0. The highest BCUT2D eigenvalue weighted by molar-refractivity contribution is 7.13. The standard InChI is InChI=1S/C22H23N3O3S/c26-20-6-2-1-4-17(20)14-25(15-19-5-3-12-28-19)22(27)24-18-9-7-16(8-10-18)21-23-11-13-29-21/h1-2,4,6-11,13,19,26H,3,5,12,14-15H2,(H,24,27). The number of hydrogen-bond donors (Lipinski definition) is 2. The molecule has 6 nitrogen and oxygen atoms in total. The first-order valence-electron chi connectivity index (χ1n) is 9.63. The third-order valence-electron chi connectivity index (χ3n) is 4.90. The van der Waals surface area contributed by atoms with Gasteiger partial charge in [-0.05, 0) is 43.2 Å².